The first-order valence-electron chi connectivity index (χ1n) is 5.76. The van der Waals surface area contributed by atoms with Crippen LogP contribution in [0, 0.1) is 10.1 Å². The lowest BCUT2D eigenvalue weighted by Gasteiger charge is -2.03. The summed E-state index contributed by atoms with van der Waals surface area (Å²) in [5, 5.41) is 20.8. The van der Waals surface area contributed by atoms with Crippen molar-refractivity contribution < 1.29 is 4.92 Å². The van der Waals surface area contributed by atoms with E-state index in [0.717, 1.165) is 18.5 Å². The quantitative estimate of drug-likeness (QED) is 0.662. The molecule has 1 aliphatic carbocycles. The van der Waals surface area contributed by atoms with Crippen LogP contribution in [0.1, 0.15) is 24.5 Å². The summed E-state index contributed by atoms with van der Waals surface area (Å²) < 4.78 is 0. The molecule has 0 radical (unpaired) electrons. The highest BCUT2D eigenvalue weighted by Gasteiger charge is 2.26. The molecule has 2 heterocycles. The topological polar surface area (TPSA) is 96.7 Å². The van der Waals surface area contributed by atoms with Gasteiger partial charge < -0.3 is 5.32 Å². The van der Waals surface area contributed by atoms with Crippen molar-refractivity contribution in [1.29, 1.82) is 0 Å². The lowest BCUT2D eigenvalue weighted by Crippen LogP contribution is -2.00. The molecule has 0 aliphatic heterocycles. The zero-order valence-electron chi connectivity index (χ0n) is 9.76. The van der Waals surface area contributed by atoms with E-state index < -0.39 is 4.92 Å². The predicted molar refractivity (Wildman–Crippen MR) is 69.7 cm³/mol. The van der Waals surface area contributed by atoms with Gasteiger partial charge in [0, 0.05) is 23.9 Å². The summed E-state index contributed by atoms with van der Waals surface area (Å²) in [5.74, 6) is 1.12. The number of hydrogen-bond acceptors (Lipinski definition) is 5. The summed E-state index contributed by atoms with van der Waals surface area (Å²) in [5.41, 5.74) is 0.785. The van der Waals surface area contributed by atoms with Crippen LogP contribution in [-0.4, -0.2) is 20.1 Å². The Kier molecular flexibility index (Phi) is 2.83. The van der Waals surface area contributed by atoms with Crippen molar-refractivity contribution in [2.75, 3.05) is 5.32 Å². The molecule has 0 unspecified atom stereocenters. The monoisotopic (exact) mass is 279 g/mol. The van der Waals surface area contributed by atoms with Crippen molar-refractivity contribution in [3.63, 3.8) is 0 Å². The third-order valence-corrected chi connectivity index (χ3v) is 3.22. The summed E-state index contributed by atoms with van der Waals surface area (Å²) in [4.78, 5) is 14.3. The smallest absolute Gasteiger partial charge is 0.318 e. The van der Waals surface area contributed by atoms with E-state index in [9.17, 15) is 10.1 Å². The largest absolute Gasteiger partial charge is 0.330 e. The molecule has 7 nitrogen and oxygen atoms in total. The zero-order valence-corrected chi connectivity index (χ0v) is 10.5. The van der Waals surface area contributed by atoms with Crippen LogP contribution >= 0.6 is 11.6 Å². The van der Waals surface area contributed by atoms with Gasteiger partial charge in [0.25, 0.3) is 0 Å². The second-order valence-corrected chi connectivity index (χ2v) is 4.76. The van der Waals surface area contributed by atoms with E-state index in [-0.39, 0.29) is 16.5 Å². The number of pyridine rings is 1. The number of halogens is 1. The summed E-state index contributed by atoms with van der Waals surface area (Å²) >= 11 is 5.81. The molecule has 8 heteroatoms. The highest BCUT2D eigenvalue weighted by Crippen LogP contribution is 2.40. The van der Waals surface area contributed by atoms with Gasteiger partial charge in [-0.15, -0.1) is 0 Å². The van der Waals surface area contributed by atoms with Gasteiger partial charge in [-0.25, -0.2) is 4.98 Å². The van der Waals surface area contributed by atoms with E-state index in [4.69, 9.17) is 11.6 Å². The Morgan fingerprint density at radius 2 is 2.32 bits per heavy atom. The molecule has 19 heavy (non-hydrogen) atoms. The Labute approximate surface area is 113 Å². The fraction of sp³-hybridized carbons (Fsp3) is 0.273. The molecule has 98 valence electrons. The number of rotatable bonds is 4. The Morgan fingerprint density at radius 3 is 3.00 bits per heavy atom. The van der Waals surface area contributed by atoms with E-state index >= 15 is 0 Å². The van der Waals surface area contributed by atoms with E-state index in [0.29, 0.717) is 11.7 Å². The molecule has 0 bridgehead atoms. The molecule has 0 saturated heterocycles. The number of aromatic amines is 1. The summed E-state index contributed by atoms with van der Waals surface area (Å²) in [6, 6.07) is 3.22. The Balaban J connectivity index is 1.89. The Hall–Kier alpha value is -2.15. The number of nitrogens with one attached hydrogen (secondary N) is 2. The lowest BCUT2D eigenvalue weighted by atomic mass is 10.3. The minimum absolute atomic E-state index is 0.0421. The van der Waals surface area contributed by atoms with Gasteiger partial charge >= 0.3 is 5.69 Å². The van der Waals surface area contributed by atoms with Crippen LogP contribution in [0.5, 0.6) is 0 Å². The van der Waals surface area contributed by atoms with Crippen molar-refractivity contribution in [3.05, 3.63) is 39.2 Å². The Morgan fingerprint density at radius 1 is 1.53 bits per heavy atom. The molecule has 2 aromatic heterocycles. The van der Waals surface area contributed by atoms with Gasteiger partial charge in [-0.05, 0) is 18.9 Å². The molecule has 1 aliphatic rings. The molecule has 0 aromatic carbocycles. The maximum Gasteiger partial charge on any atom is 0.330 e. The van der Waals surface area contributed by atoms with E-state index in [1.54, 1.807) is 0 Å². The number of nitrogens with zero attached hydrogens (tertiary/aromatic N) is 3. The molecule has 2 N–H and O–H groups in total. The number of hydrogen-bond donors (Lipinski definition) is 2. The molecule has 3 rings (SSSR count). The third kappa shape index (κ3) is 2.37. The molecule has 1 saturated carbocycles. The predicted octanol–water partition coefficient (Wildman–Crippen LogP) is 2.99. The van der Waals surface area contributed by atoms with Crippen LogP contribution in [0.4, 0.5) is 17.3 Å². The summed E-state index contributed by atoms with van der Waals surface area (Å²) in [6.45, 7) is 0. The summed E-state index contributed by atoms with van der Waals surface area (Å²) in [6.07, 6.45) is 3.71. The highest BCUT2D eigenvalue weighted by molar-refractivity contribution is 6.33. The molecule has 1 fully saturated rings. The first-order chi connectivity index (χ1) is 9.15. The minimum atomic E-state index is -0.563. The first-order valence-corrected chi connectivity index (χ1v) is 6.14. The number of nitro groups is 1. The van der Waals surface area contributed by atoms with Crippen LogP contribution in [0.25, 0.3) is 0 Å². The van der Waals surface area contributed by atoms with Gasteiger partial charge in [0.15, 0.2) is 5.82 Å². The maximum atomic E-state index is 11.0. The van der Waals surface area contributed by atoms with Gasteiger partial charge in [0.05, 0.1) is 4.92 Å². The van der Waals surface area contributed by atoms with E-state index in [2.05, 4.69) is 20.5 Å². The van der Waals surface area contributed by atoms with E-state index in [1.807, 2.05) is 6.07 Å². The van der Waals surface area contributed by atoms with Gasteiger partial charge in [0.2, 0.25) is 5.82 Å². The zero-order chi connectivity index (χ0) is 13.4. The van der Waals surface area contributed by atoms with Gasteiger partial charge in [-0.3, -0.25) is 15.2 Å². The van der Waals surface area contributed by atoms with Crippen LogP contribution < -0.4 is 5.32 Å². The van der Waals surface area contributed by atoms with Gasteiger partial charge in [-0.2, -0.15) is 5.10 Å². The molecular formula is C11H10ClN5O2. The molecule has 0 amide bonds. The average Bonchev–Trinajstić information content (AvgIpc) is 3.10. The van der Waals surface area contributed by atoms with Crippen molar-refractivity contribution in [2.24, 2.45) is 0 Å². The molecule has 0 atom stereocenters. The maximum absolute atomic E-state index is 11.0. The minimum Gasteiger partial charge on any atom is -0.318 e. The van der Waals surface area contributed by atoms with Crippen LogP contribution in [0.3, 0.4) is 0 Å². The summed E-state index contributed by atoms with van der Waals surface area (Å²) in [7, 11) is 0. The highest BCUT2D eigenvalue weighted by atomic mass is 35.5. The normalized spacial score (nSPS) is 14.4. The SMILES string of the molecule is O=[N+]([O-])c1c(Cl)ccnc1Nc1cc(C2CC2)[nH]n1. The van der Waals surface area contributed by atoms with Crippen LogP contribution in [-0.2, 0) is 0 Å². The second kappa shape index (κ2) is 4.51. The number of H-pyrrole nitrogens is 1. The van der Waals surface area contributed by atoms with Crippen molar-refractivity contribution in [1.82, 2.24) is 15.2 Å². The van der Waals surface area contributed by atoms with Crippen molar-refractivity contribution >= 4 is 28.9 Å². The lowest BCUT2D eigenvalue weighted by molar-refractivity contribution is -0.384. The van der Waals surface area contributed by atoms with Crippen LogP contribution in [0.2, 0.25) is 5.02 Å². The van der Waals surface area contributed by atoms with Crippen LogP contribution in [0.15, 0.2) is 18.3 Å². The van der Waals surface area contributed by atoms with Crippen molar-refractivity contribution in [2.45, 2.75) is 18.8 Å². The molecule has 0 spiro atoms. The molecule has 2 aromatic rings. The number of anilines is 2. The third-order valence-electron chi connectivity index (χ3n) is 2.92. The van der Waals surface area contributed by atoms with E-state index in [1.165, 1.54) is 12.3 Å². The second-order valence-electron chi connectivity index (χ2n) is 4.35. The van der Waals surface area contributed by atoms with Gasteiger partial charge in [0.1, 0.15) is 5.02 Å². The molecular weight excluding hydrogens is 270 g/mol. The fourth-order valence-corrected chi connectivity index (χ4v) is 2.04. The first kappa shape index (κ1) is 11.9. The van der Waals surface area contributed by atoms with Crippen molar-refractivity contribution in [3.8, 4) is 0 Å². The fourth-order valence-electron chi connectivity index (χ4n) is 1.82. The average molecular weight is 280 g/mol. The Bertz CT molecular complexity index is 638. The van der Waals surface area contributed by atoms with Gasteiger partial charge in [-0.1, -0.05) is 11.6 Å². The standard InChI is InChI=1S/C11H10ClN5O2/c12-7-3-4-13-11(10(7)17(18)19)14-9-5-8(15-16-9)6-1-2-6/h3-6H,1-2H2,(H2,13,14,15,16). The number of aromatic nitrogens is 3.